The van der Waals surface area contributed by atoms with Crippen molar-refractivity contribution in [2.75, 3.05) is 6.61 Å². The standard InChI is InChI=1S/C17H18O3/c18-12-6-8-14-7-4-5-11-16(14)17(20,13-19)15-9-2-1-3-10-15/h1-5,7,9-11,13,18,20H,6,8,12H2. The van der Waals surface area contributed by atoms with E-state index in [1.54, 1.807) is 36.4 Å². The van der Waals surface area contributed by atoms with Crippen molar-refractivity contribution >= 4 is 6.29 Å². The van der Waals surface area contributed by atoms with E-state index in [1.807, 2.05) is 18.2 Å². The lowest BCUT2D eigenvalue weighted by molar-refractivity contribution is -0.121. The van der Waals surface area contributed by atoms with Gasteiger partial charge in [0.05, 0.1) is 0 Å². The van der Waals surface area contributed by atoms with Gasteiger partial charge in [0.15, 0.2) is 11.9 Å². The van der Waals surface area contributed by atoms with Crippen molar-refractivity contribution in [3.8, 4) is 0 Å². The lowest BCUT2D eigenvalue weighted by Crippen LogP contribution is -2.30. The highest BCUT2D eigenvalue weighted by atomic mass is 16.3. The summed E-state index contributed by atoms with van der Waals surface area (Å²) < 4.78 is 0. The summed E-state index contributed by atoms with van der Waals surface area (Å²) >= 11 is 0. The van der Waals surface area contributed by atoms with E-state index in [0.29, 0.717) is 30.3 Å². The van der Waals surface area contributed by atoms with Crippen molar-refractivity contribution < 1.29 is 15.0 Å². The van der Waals surface area contributed by atoms with E-state index in [9.17, 15) is 9.90 Å². The molecule has 0 amide bonds. The summed E-state index contributed by atoms with van der Waals surface area (Å²) in [4.78, 5) is 11.6. The first-order chi connectivity index (χ1) is 9.72. The summed E-state index contributed by atoms with van der Waals surface area (Å²) in [5.41, 5.74) is 0.355. The van der Waals surface area contributed by atoms with Crippen LogP contribution >= 0.6 is 0 Å². The quantitative estimate of drug-likeness (QED) is 0.790. The molecule has 0 radical (unpaired) electrons. The van der Waals surface area contributed by atoms with Gasteiger partial charge < -0.3 is 10.2 Å². The van der Waals surface area contributed by atoms with E-state index in [1.165, 1.54) is 0 Å². The van der Waals surface area contributed by atoms with Crippen LogP contribution in [0.25, 0.3) is 0 Å². The lowest BCUT2D eigenvalue weighted by atomic mass is 9.84. The zero-order valence-electron chi connectivity index (χ0n) is 11.2. The van der Waals surface area contributed by atoms with Crippen LogP contribution in [0.2, 0.25) is 0 Å². The van der Waals surface area contributed by atoms with E-state index < -0.39 is 5.60 Å². The Morgan fingerprint density at radius 3 is 2.30 bits per heavy atom. The molecular formula is C17H18O3. The third-order valence-corrected chi connectivity index (χ3v) is 3.42. The Bertz CT molecular complexity index is 565. The average molecular weight is 270 g/mol. The summed E-state index contributed by atoms with van der Waals surface area (Å²) in [5, 5.41) is 19.8. The fourth-order valence-electron chi connectivity index (χ4n) is 2.36. The van der Waals surface area contributed by atoms with Crippen LogP contribution in [0.3, 0.4) is 0 Å². The van der Waals surface area contributed by atoms with Gasteiger partial charge in [0, 0.05) is 6.61 Å². The van der Waals surface area contributed by atoms with Gasteiger partial charge in [0.2, 0.25) is 0 Å². The number of aliphatic hydroxyl groups excluding tert-OH is 1. The molecule has 0 heterocycles. The molecule has 2 N–H and O–H groups in total. The maximum absolute atomic E-state index is 11.6. The van der Waals surface area contributed by atoms with Crippen molar-refractivity contribution in [2.24, 2.45) is 0 Å². The highest BCUT2D eigenvalue weighted by Gasteiger charge is 2.32. The van der Waals surface area contributed by atoms with Gasteiger partial charge in [-0.2, -0.15) is 0 Å². The molecule has 0 spiro atoms. The summed E-state index contributed by atoms with van der Waals surface area (Å²) in [6.07, 6.45) is 1.79. The largest absolute Gasteiger partial charge is 0.396 e. The number of aldehydes is 1. The Morgan fingerprint density at radius 1 is 1.00 bits per heavy atom. The Kier molecular flexibility index (Phi) is 4.66. The minimum atomic E-state index is -1.65. The number of aliphatic hydroxyl groups is 2. The van der Waals surface area contributed by atoms with Crippen LogP contribution in [0.15, 0.2) is 54.6 Å². The SMILES string of the molecule is O=CC(O)(c1ccccc1)c1ccccc1CCCO. The van der Waals surface area contributed by atoms with Crippen LogP contribution in [0.1, 0.15) is 23.1 Å². The third-order valence-electron chi connectivity index (χ3n) is 3.42. The molecule has 0 aliphatic rings. The molecule has 2 aromatic rings. The van der Waals surface area contributed by atoms with Gasteiger partial charge in [-0.05, 0) is 29.5 Å². The zero-order chi connectivity index (χ0) is 14.4. The van der Waals surface area contributed by atoms with Crippen molar-refractivity contribution in [1.82, 2.24) is 0 Å². The highest BCUT2D eigenvalue weighted by molar-refractivity contribution is 5.73. The normalized spacial score (nSPS) is 13.7. The topological polar surface area (TPSA) is 57.5 Å². The van der Waals surface area contributed by atoms with Crippen molar-refractivity contribution in [2.45, 2.75) is 18.4 Å². The molecule has 0 aliphatic carbocycles. The van der Waals surface area contributed by atoms with Crippen LogP contribution in [0, 0.1) is 0 Å². The molecule has 20 heavy (non-hydrogen) atoms. The van der Waals surface area contributed by atoms with Gasteiger partial charge in [-0.3, -0.25) is 4.79 Å². The van der Waals surface area contributed by atoms with E-state index in [-0.39, 0.29) is 6.61 Å². The number of rotatable bonds is 6. The van der Waals surface area contributed by atoms with Crippen molar-refractivity contribution in [1.29, 1.82) is 0 Å². The van der Waals surface area contributed by atoms with Gasteiger partial charge in [0.25, 0.3) is 0 Å². The minimum absolute atomic E-state index is 0.0825. The third kappa shape index (κ3) is 2.79. The molecule has 0 saturated carbocycles. The predicted octanol–water partition coefficient (Wildman–Crippen LogP) is 2.05. The van der Waals surface area contributed by atoms with Gasteiger partial charge in [0.1, 0.15) is 0 Å². The number of benzene rings is 2. The molecule has 3 heteroatoms. The minimum Gasteiger partial charge on any atom is -0.396 e. The van der Waals surface area contributed by atoms with Crippen LogP contribution in [0.4, 0.5) is 0 Å². The van der Waals surface area contributed by atoms with E-state index in [0.717, 1.165) is 5.56 Å². The van der Waals surface area contributed by atoms with Gasteiger partial charge in [-0.15, -0.1) is 0 Å². The Hall–Kier alpha value is -1.97. The maximum Gasteiger partial charge on any atom is 0.170 e. The Morgan fingerprint density at radius 2 is 1.65 bits per heavy atom. The van der Waals surface area contributed by atoms with Gasteiger partial charge >= 0.3 is 0 Å². The fraction of sp³-hybridized carbons (Fsp3) is 0.235. The number of aryl methyl sites for hydroxylation is 1. The second-order valence-electron chi connectivity index (χ2n) is 4.73. The molecular weight excluding hydrogens is 252 g/mol. The van der Waals surface area contributed by atoms with Crippen LogP contribution < -0.4 is 0 Å². The number of carbonyl (C=O) groups is 1. The molecule has 0 aromatic heterocycles. The molecule has 3 nitrogen and oxygen atoms in total. The van der Waals surface area contributed by atoms with Crippen LogP contribution in [-0.4, -0.2) is 23.1 Å². The molecule has 2 aromatic carbocycles. The van der Waals surface area contributed by atoms with Gasteiger partial charge in [-0.1, -0.05) is 54.6 Å². The molecule has 1 atom stereocenters. The second kappa shape index (κ2) is 6.46. The average Bonchev–Trinajstić information content (AvgIpc) is 2.53. The van der Waals surface area contributed by atoms with Crippen LogP contribution in [0.5, 0.6) is 0 Å². The Balaban J connectivity index is 2.49. The molecule has 0 aliphatic heterocycles. The van der Waals surface area contributed by atoms with Crippen molar-refractivity contribution in [3.63, 3.8) is 0 Å². The first-order valence-electron chi connectivity index (χ1n) is 6.66. The maximum atomic E-state index is 11.6. The summed E-state index contributed by atoms with van der Waals surface area (Å²) in [6.45, 7) is 0.0825. The van der Waals surface area contributed by atoms with E-state index in [4.69, 9.17) is 5.11 Å². The van der Waals surface area contributed by atoms with E-state index >= 15 is 0 Å². The monoisotopic (exact) mass is 270 g/mol. The first-order valence-corrected chi connectivity index (χ1v) is 6.66. The van der Waals surface area contributed by atoms with Gasteiger partial charge in [-0.25, -0.2) is 0 Å². The smallest absolute Gasteiger partial charge is 0.170 e. The Labute approximate surface area is 118 Å². The lowest BCUT2D eigenvalue weighted by Gasteiger charge is -2.25. The predicted molar refractivity (Wildman–Crippen MR) is 77.4 cm³/mol. The zero-order valence-corrected chi connectivity index (χ0v) is 11.2. The molecule has 0 fully saturated rings. The molecule has 0 bridgehead atoms. The molecule has 0 saturated heterocycles. The van der Waals surface area contributed by atoms with Crippen LogP contribution in [-0.2, 0) is 16.8 Å². The summed E-state index contributed by atoms with van der Waals surface area (Å²) in [7, 11) is 0. The summed E-state index contributed by atoms with van der Waals surface area (Å²) in [5.74, 6) is 0. The van der Waals surface area contributed by atoms with Crippen molar-refractivity contribution in [3.05, 3.63) is 71.3 Å². The number of hydrogen-bond donors (Lipinski definition) is 2. The number of carbonyl (C=O) groups excluding carboxylic acids is 1. The molecule has 2 rings (SSSR count). The highest BCUT2D eigenvalue weighted by Crippen LogP contribution is 2.30. The second-order valence-corrected chi connectivity index (χ2v) is 4.73. The molecule has 104 valence electrons. The number of hydrogen-bond acceptors (Lipinski definition) is 3. The van der Waals surface area contributed by atoms with E-state index in [2.05, 4.69) is 0 Å². The fourth-order valence-corrected chi connectivity index (χ4v) is 2.36. The molecule has 1 unspecified atom stereocenters. The summed E-state index contributed by atoms with van der Waals surface area (Å²) in [6, 6.07) is 16.2. The first kappa shape index (κ1) is 14.4.